The van der Waals surface area contributed by atoms with Crippen LogP contribution < -0.4 is 9.96 Å². The van der Waals surface area contributed by atoms with Crippen molar-refractivity contribution in [2.75, 3.05) is 9.96 Å². The van der Waals surface area contributed by atoms with Crippen LogP contribution in [0.3, 0.4) is 0 Å². The van der Waals surface area contributed by atoms with Crippen LogP contribution in [0, 0.1) is 12.8 Å². The monoisotopic (exact) mass is 419 g/mol. The van der Waals surface area contributed by atoms with Gasteiger partial charge in [0.15, 0.2) is 6.10 Å². The third kappa shape index (κ3) is 2.80. The van der Waals surface area contributed by atoms with Gasteiger partial charge in [-0.3, -0.25) is 19.4 Å². The molecule has 0 aliphatic carbocycles. The van der Waals surface area contributed by atoms with Crippen LogP contribution in [0.4, 0.5) is 11.4 Å². The maximum atomic E-state index is 13.6. The normalized spacial score (nSPS) is 23.2. The average molecular weight is 420 g/mol. The lowest BCUT2D eigenvalue weighted by molar-refractivity contribution is -0.126. The van der Waals surface area contributed by atoms with E-state index in [1.165, 1.54) is 4.90 Å². The Hall–Kier alpha value is -3.22. The highest BCUT2D eigenvalue weighted by atomic mass is 35.5. The van der Waals surface area contributed by atoms with Gasteiger partial charge in [-0.1, -0.05) is 41.9 Å². The van der Waals surface area contributed by atoms with Gasteiger partial charge >= 0.3 is 0 Å². The van der Waals surface area contributed by atoms with Crippen LogP contribution in [0.5, 0.6) is 0 Å². The molecule has 0 saturated carbocycles. The van der Waals surface area contributed by atoms with Gasteiger partial charge in [-0.15, -0.1) is 0 Å². The van der Waals surface area contributed by atoms with E-state index in [9.17, 15) is 9.59 Å². The molecular weight excluding hydrogens is 402 g/mol. The second-order valence-electron chi connectivity index (χ2n) is 7.34. The number of amides is 2. The molecule has 2 aliphatic heterocycles. The Labute approximate surface area is 178 Å². The summed E-state index contributed by atoms with van der Waals surface area (Å²) in [6.07, 6.45) is 2.46. The molecule has 5 rings (SSSR count). The Morgan fingerprint density at radius 2 is 1.77 bits per heavy atom. The molecule has 2 fully saturated rings. The van der Waals surface area contributed by atoms with Gasteiger partial charge in [0.2, 0.25) is 5.91 Å². The van der Waals surface area contributed by atoms with E-state index >= 15 is 0 Å². The Bertz CT molecular complexity index is 1120. The molecular formula is C23H18ClN3O3. The smallest absolute Gasteiger partial charge is 0.266 e. The largest absolute Gasteiger partial charge is 0.273 e. The zero-order valence-corrected chi connectivity index (χ0v) is 16.9. The molecule has 0 spiro atoms. The lowest BCUT2D eigenvalue weighted by Crippen LogP contribution is -2.37. The third-order valence-corrected chi connectivity index (χ3v) is 6.04. The molecule has 7 heteroatoms. The molecule has 1 aromatic heterocycles. The highest BCUT2D eigenvalue weighted by Gasteiger charge is 2.60. The van der Waals surface area contributed by atoms with Gasteiger partial charge in [-0.25, -0.2) is 9.96 Å². The van der Waals surface area contributed by atoms with Crippen LogP contribution in [0.15, 0.2) is 73.1 Å². The van der Waals surface area contributed by atoms with Crippen LogP contribution >= 0.6 is 11.6 Å². The van der Waals surface area contributed by atoms with Crippen LogP contribution in [-0.4, -0.2) is 22.9 Å². The van der Waals surface area contributed by atoms with E-state index in [0.29, 0.717) is 16.3 Å². The Kier molecular flexibility index (Phi) is 4.53. The molecule has 2 aromatic carbocycles. The molecule has 2 amide bonds. The number of carbonyl (C=O) groups is 2. The number of hydrogen-bond donors (Lipinski definition) is 0. The Morgan fingerprint density at radius 1 is 0.967 bits per heavy atom. The number of aromatic nitrogens is 1. The topological polar surface area (TPSA) is 62.7 Å². The van der Waals surface area contributed by atoms with Gasteiger partial charge in [0.05, 0.1) is 17.4 Å². The van der Waals surface area contributed by atoms with Gasteiger partial charge < -0.3 is 0 Å². The van der Waals surface area contributed by atoms with Gasteiger partial charge in [-0.2, -0.15) is 0 Å². The van der Waals surface area contributed by atoms with E-state index in [1.54, 1.807) is 42.6 Å². The molecule has 0 radical (unpaired) electrons. The number of pyridine rings is 1. The first-order valence-corrected chi connectivity index (χ1v) is 9.99. The van der Waals surface area contributed by atoms with E-state index in [2.05, 4.69) is 4.98 Å². The highest BCUT2D eigenvalue weighted by Crippen LogP contribution is 2.47. The summed E-state index contributed by atoms with van der Waals surface area (Å²) in [6.45, 7) is 1.79. The minimum Gasteiger partial charge on any atom is -0.273 e. The number of imide groups is 1. The number of hydroxylamine groups is 1. The van der Waals surface area contributed by atoms with Gasteiger partial charge in [0.25, 0.3) is 5.91 Å². The van der Waals surface area contributed by atoms with Crippen molar-refractivity contribution in [1.29, 1.82) is 0 Å². The number of halogens is 1. The van der Waals surface area contributed by atoms with E-state index < -0.39 is 18.1 Å². The standard InChI is InChI=1S/C23H18ClN3O3/c1-14-17(24)10-5-11-18(14)26-22(28)19-20(15-7-6-12-25-13-15)27(30-21(19)23(26)29)16-8-3-2-4-9-16/h2-13,19-21H,1H3/t19-,20-,21-/m1/s1. The summed E-state index contributed by atoms with van der Waals surface area (Å²) in [5.74, 6) is -1.38. The number of fused-ring (bicyclic) bond motifs is 1. The molecule has 30 heavy (non-hydrogen) atoms. The van der Waals surface area contributed by atoms with Crippen molar-refractivity contribution in [1.82, 2.24) is 4.98 Å². The van der Waals surface area contributed by atoms with Crippen molar-refractivity contribution in [3.8, 4) is 0 Å². The molecule has 2 saturated heterocycles. The predicted octanol–water partition coefficient (Wildman–Crippen LogP) is 4.09. The average Bonchev–Trinajstić information content (AvgIpc) is 3.28. The fraction of sp³-hybridized carbons (Fsp3) is 0.174. The van der Waals surface area contributed by atoms with Crippen molar-refractivity contribution < 1.29 is 14.4 Å². The molecule has 3 aromatic rings. The van der Waals surface area contributed by atoms with Gasteiger partial charge in [-0.05, 0) is 48.4 Å². The number of rotatable bonds is 3. The van der Waals surface area contributed by atoms with E-state index in [1.807, 2.05) is 42.5 Å². The third-order valence-electron chi connectivity index (χ3n) is 5.63. The minimum absolute atomic E-state index is 0.303. The SMILES string of the molecule is Cc1c(Cl)cccc1N1C(=O)[C@@H]2[C@@H](c3cccnc3)N(c3ccccc3)O[C@H]2C1=O. The van der Waals surface area contributed by atoms with E-state index in [0.717, 1.165) is 11.3 Å². The first-order chi connectivity index (χ1) is 14.6. The van der Waals surface area contributed by atoms with Crippen molar-refractivity contribution in [2.45, 2.75) is 19.1 Å². The zero-order valence-electron chi connectivity index (χ0n) is 16.1. The molecule has 2 aliphatic rings. The number of nitrogens with zero attached hydrogens (tertiary/aromatic N) is 3. The molecule has 150 valence electrons. The highest BCUT2D eigenvalue weighted by molar-refractivity contribution is 6.32. The fourth-order valence-electron chi connectivity index (χ4n) is 4.18. The van der Waals surface area contributed by atoms with Crippen LogP contribution in [0.25, 0.3) is 0 Å². The van der Waals surface area contributed by atoms with Gasteiger partial charge in [0.1, 0.15) is 5.92 Å². The quantitative estimate of drug-likeness (QED) is 0.598. The molecule has 3 atom stereocenters. The number of anilines is 2. The zero-order chi connectivity index (χ0) is 20.8. The van der Waals surface area contributed by atoms with Crippen molar-refractivity contribution in [3.63, 3.8) is 0 Å². The summed E-state index contributed by atoms with van der Waals surface area (Å²) in [5.41, 5.74) is 2.75. The fourth-order valence-corrected chi connectivity index (χ4v) is 4.35. The molecule has 3 heterocycles. The Balaban J connectivity index is 1.60. The van der Waals surface area contributed by atoms with Crippen molar-refractivity contribution >= 4 is 34.8 Å². The summed E-state index contributed by atoms with van der Waals surface area (Å²) in [6, 6.07) is 17.9. The number of benzene rings is 2. The van der Waals surface area contributed by atoms with Crippen molar-refractivity contribution in [3.05, 3.63) is 89.2 Å². The second-order valence-corrected chi connectivity index (χ2v) is 7.75. The maximum absolute atomic E-state index is 13.6. The molecule has 6 nitrogen and oxygen atoms in total. The van der Waals surface area contributed by atoms with Crippen molar-refractivity contribution in [2.24, 2.45) is 5.92 Å². The summed E-state index contributed by atoms with van der Waals surface area (Å²) in [7, 11) is 0. The number of para-hydroxylation sites is 1. The number of carbonyl (C=O) groups excluding carboxylic acids is 2. The summed E-state index contributed by atoms with van der Waals surface area (Å²) in [4.78, 5) is 38.4. The van der Waals surface area contributed by atoms with Crippen LogP contribution in [0.1, 0.15) is 17.2 Å². The second kappa shape index (κ2) is 7.23. The molecule has 0 unspecified atom stereocenters. The molecule has 0 N–H and O–H groups in total. The lowest BCUT2D eigenvalue weighted by Gasteiger charge is -2.28. The predicted molar refractivity (Wildman–Crippen MR) is 113 cm³/mol. The maximum Gasteiger partial charge on any atom is 0.266 e. The Morgan fingerprint density at radius 3 is 2.50 bits per heavy atom. The summed E-state index contributed by atoms with van der Waals surface area (Å²) >= 11 is 6.24. The van der Waals surface area contributed by atoms with Gasteiger partial charge in [0, 0.05) is 17.4 Å². The van der Waals surface area contributed by atoms with E-state index in [-0.39, 0.29) is 11.8 Å². The summed E-state index contributed by atoms with van der Waals surface area (Å²) in [5, 5.41) is 2.16. The lowest BCUT2D eigenvalue weighted by atomic mass is 9.91. The van der Waals surface area contributed by atoms with E-state index in [4.69, 9.17) is 16.4 Å². The number of hydrogen-bond acceptors (Lipinski definition) is 5. The first kappa shape index (κ1) is 18.8. The summed E-state index contributed by atoms with van der Waals surface area (Å²) < 4.78 is 0. The van der Waals surface area contributed by atoms with Crippen LogP contribution in [-0.2, 0) is 14.4 Å². The first-order valence-electron chi connectivity index (χ1n) is 9.62. The van der Waals surface area contributed by atoms with Crippen LogP contribution in [0.2, 0.25) is 5.02 Å². The molecule has 0 bridgehead atoms. The minimum atomic E-state index is -0.915.